The molecule has 1 saturated carbocycles. The third-order valence-electron chi connectivity index (χ3n) is 8.14. The summed E-state index contributed by atoms with van der Waals surface area (Å²) in [5.74, 6) is -2.92. The van der Waals surface area contributed by atoms with Crippen molar-refractivity contribution in [3.63, 3.8) is 0 Å². The Morgan fingerprint density at radius 1 is 1.04 bits per heavy atom. The van der Waals surface area contributed by atoms with E-state index in [0.717, 1.165) is 4.57 Å². The summed E-state index contributed by atoms with van der Waals surface area (Å²) in [4.78, 5) is 92.5. The number of aryl methyl sites for hydroxylation is 2. The zero-order valence-electron chi connectivity index (χ0n) is 25.9. The Hall–Kier alpha value is -5.03. The van der Waals surface area contributed by atoms with E-state index in [9.17, 15) is 38.0 Å². The summed E-state index contributed by atoms with van der Waals surface area (Å²) in [5.41, 5.74) is 5.21. The molecule has 2 aliphatic rings. The number of alkyl halides is 1. The molecule has 7 atom stereocenters. The summed E-state index contributed by atoms with van der Waals surface area (Å²) < 4.78 is 33.6. The van der Waals surface area contributed by atoms with Crippen molar-refractivity contribution in [2.75, 3.05) is 13.2 Å². The predicted molar refractivity (Wildman–Crippen MR) is 157 cm³/mol. The van der Waals surface area contributed by atoms with Crippen LogP contribution in [0.15, 0.2) is 36.7 Å². The second-order valence-corrected chi connectivity index (χ2v) is 11.6. The van der Waals surface area contributed by atoms with Crippen LogP contribution in [0, 0.1) is 25.3 Å². The average Bonchev–Trinajstić information content (AvgIpc) is 3.58. The first-order valence-electron chi connectivity index (χ1n) is 14.9. The number of esters is 2. The van der Waals surface area contributed by atoms with Crippen LogP contribution >= 0.6 is 0 Å². The van der Waals surface area contributed by atoms with Gasteiger partial charge in [0.25, 0.3) is 11.1 Å². The van der Waals surface area contributed by atoms with Gasteiger partial charge in [-0.05, 0) is 33.1 Å². The quantitative estimate of drug-likeness (QED) is 0.130. The van der Waals surface area contributed by atoms with Gasteiger partial charge in [-0.3, -0.25) is 38.3 Å². The molecule has 1 aliphatic heterocycles. The van der Waals surface area contributed by atoms with Gasteiger partial charge in [-0.1, -0.05) is 0 Å². The molecule has 4 N–H and O–H groups in total. The van der Waals surface area contributed by atoms with Crippen LogP contribution < -0.4 is 32.7 Å². The van der Waals surface area contributed by atoms with Gasteiger partial charge in [0.1, 0.15) is 41.8 Å². The first kappa shape index (κ1) is 34.8. The van der Waals surface area contributed by atoms with E-state index in [1.54, 1.807) is 0 Å². The van der Waals surface area contributed by atoms with Gasteiger partial charge in [0.15, 0.2) is 6.04 Å². The van der Waals surface area contributed by atoms with Crippen LogP contribution in [0.3, 0.4) is 0 Å². The Labute approximate surface area is 264 Å². The minimum atomic E-state index is -1.36. The molecule has 1 aliphatic carbocycles. The number of carbonyl (C=O) groups excluding carboxylic acids is 3. The standard InChI is InChI=1S/C28H35FN8O10/c1-13-9-36(27(43)32-24(13)40)17-6-16(18(29)7-17)11-45-23(39)5-4-19(31-15(3)38)26(42)46-12-21-20(34-35-30)8-22(47-21)37-10-14(2)25(41)33-28(37)44/h9-10,16-22,30H,4-8,11-12H2,1-3H3,(H2-,31,32,33,38,40,41,43,44)/p+1/t16-,17-,18+,19+,20?,21-,22-/m1/s1. The smallest absolute Gasteiger partial charge is 0.330 e. The highest BCUT2D eigenvalue weighted by Gasteiger charge is 2.41. The lowest BCUT2D eigenvalue weighted by Gasteiger charge is -2.19. The summed E-state index contributed by atoms with van der Waals surface area (Å²) in [5, 5.41) is 6.18. The summed E-state index contributed by atoms with van der Waals surface area (Å²) in [6.07, 6.45) is -0.754. The summed E-state index contributed by atoms with van der Waals surface area (Å²) >= 11 is 0. The first-order valence-corrected chi connectivity index (χ1v) is 14.9. The lowest BCUT2D eigenvalue weighted by Crippen LogP contribution is -2.42. The second-order valence-electron chi connectivity index (χ2n) is 11.6. The van der Waals surface area contributed by atoms with E-state index in [-0.39, 0.29) is 44.3 Å². The minimum Gasteiger partial charge on any atom is -0.465 e. The predicted octanol–water partition coefficient (Wildman–Crippen LogP) is -0.429. The second kappa shape index (κ2) is 15.0. The molecular weight excluding hydrogens is 627 g/mol. The normalized spacial score (nSPS) is 24.3. The molecule has 2 aromatic rings. The van der Waals surface area contributed by atoms with Crippen molar-refractivity contribution in [2.24, 2.45) is 11.0 Å². The van der Waals surface area contributed by atoms with E-state index in [2.05, 4.69) is 25.3 Å². The minimum absolute atomic E-state index is 0.000770. The van der Waals surface area contributed by atoms with E-state index in [1.807, 2.05) is 0 Å². The maximum atomic E-state index is 14.8. The van der Waals surface area contributed by atoms with Gasteiger partial charge in [-0.25, -0.2) is 18.8 Å². The maximum absolute atomic E-state index is 14.8. The Bertz CT molecular complexity index is 1790. The number of hydrogen-bond acceptors (Lipinski definition) is 12. The number of aromatic amines is 2. The van der Waals surface area contributed by atoms with Gasteiger partial charge in [0.05, 0.1) is 6.61 Å². The number of aromatic nitrogens is 4. The zero-order valence-corrected chi connectivity index (χ0v) is 25.9. The van der Waals surface area contributed by atoms with Gasteiger partial charge in [0.2, 0.25) is 10.8 Å². The molecule has 0 bridgehead atoms. The van der Waals surface area contributed by atoms with Crippen LogP contribution in [0.5, 0.6) is 0 Å². The highest BCUT2D eigenvalue weighted by molar-refractivity contribution is 5.83. The number of ether oxygens (including phenoxy) is 3. The highest BCUT2D eigenvalue weighted by atomic mass is 19.1. The average molecular weight is 664 g/mol. The van der Waals surface area contributed by atoms with Gasteiger partial charge in [-0.2, -0.15) is 0 Å². The number of nitrogens with one attached hydrogen (secondary N) is 4. The Morgan fingerprint density at radius 3 is 2.32 bits per heavy atom. The molecule has 1 unspecified atom stereocenters. The molecule has 1 saturated heterocycles. The van der Waals surface area contributed by atoms with Crippen LogP contribution in [0.1, 0.15) is 62.4 Å². The monoisotopic (exact) mass is 663 g/mol. The van der Waals surface area contributed by atoms with Gasteiger partial charge in [0, 0.05) is 55.2 Å². The van der Waals surface area contributed by atoms with Crippen molar-refractivity contribution in [2.45, 2.75) is 89.5 Å². The molecule has 18 nitrogen and oxygen atoms in total. The molecule has 1 amide bonds. The number of carbonyl (C=O) groups is 3. The van der Waals surface area contributed by atoms with Crippen LogP contribution in [-0.4, -0.2) is 74.5 Å². The van der Waals surface area contributed by atoms with Crippen molar-refractivity contribution < 1.29 is 33.0 Å². The number of H-pyrrole nitrogens is 2. The molecule has 254 valence electrons. The van der Waals surface area contributed by atoms with Crippen LogP contribution in [0.4, 0.5) is 4.39 Å². The molecule has 3 heterocycles. The van der Waals surface area contributed by atoms with Crippen molar-refractivity contribution in [1.82, 2.24) is 29.3 Å². The SMILES string of the molecule is CC(=O)N[C@@H](CCC(=O)OC[C@H]1C[C@@H](n2cc(C)c(=O)[nH]c2=O)C[C@@H]1F)C(=O)OC[C@H]1O[C@@H](n2cc(C)c(=O)[nH]c2=O)CC1N=[N+]=N. The van der Waals surface area contributed by atoms with E-state index >= 15 is 0 Å². The number of nitrogens with zero attached hydrogens (tertiary/aromatic N) is 4. The number of halogens is 1. The van der Waals surface area contributed by atoms with Crippen molar-refractivity contribution in [3.8, 4) is 0 Å². The lowest BCUT2D eigenvalue weighted by atomic mass is 10.1. The van der Waals surface area contributed by atoms with Crippen LogP contribution in [0.2, 0.25) is 0 Å². The molecule has 47 heavy (non-hydrogen) atoms. The molecule has 2 aromatic heterocycles. The molecular formula is C28H36FN8O10+. The van der Waals surface area contributed by atoms with E-state index in [4.69, 9.17) is 19.7 Å². The molecule has 0 spiro atoms. The van der Waals surface area contributed by atoms with Crippen LogP contribution in [0.25, 0.3) is 0 Å². The number of rotatable bonds is 12. The largest absolute Gasteiger partial charge is 0.465 e. The van der Waals surface area contributed by atoms with Crippen molar-refractivity contribution in [1.29, 1.82) is 5.53 Å². The molecule has 0 aromatic carbocycles. The fraction of sp³-hybridized carbons (Fsp3) is 0.607. The first-order chi connectivity index (χ1) is 22.3. The fourth-order valence-corrected chi connectivity index (χ4v) is 5.63. The van der Waals surface area contributed by atoms with E-state index in [0.29, 0.717) is 5.56 Å². The Morgan fingerprint density at radius 2 is 1.68 bits per heavy atom. The summed E-state index contributed by atoms with van der Waals surface area (Å²) in [7, 11) is 0. The molecule has 4 rings (SSSR count). The van der Waals surface area contributed by atoms with Crippen LogP contribution in [-0.2, 0) is 28.6 Å². The van der Waals surface area contributed by atoms with Crippen molar-refractivity contribution >= 4 is 17.8 Å². The third kappa shape index (κ3) is 8.62. The number of amides is 1. The topological polar surface area (TPSA) is 251 Å². The van der Waals surface area contributed by atoms with E-state index in [1.165, 1.54) is 37.7 Å². The van der Waals surface area contributed by atoms with Gasteiger partial charge < -0.3 is 19.5 Å². The Kier molecular flexibility index (Phi) is 11.1. The number of hydrogen-bond donors (Lipinski definition) is 4. The molecule has 19 heteroatoms. The lowest BCUT2D eigenvalue weighted by molar-refractivity contribution is -0.153. The Balaban J connectivity index is 1.30. The highest BCUT2D eigenvalue weighted by Crippen LogP contribution is 2.36. The maximum Gasteiger partial charge on any atom is 0.330 e. The summed E-state index contributed by atoms with van der Waals surface area (Å²) in [6.45, 7) is 3.54. The molecule has 0 radical (unpaired) electrons. The van der Waals surface area contributed by atoms with E-state index < -0.39 is 89.5 Å². The fourth-order valence-electron chi connectivity index (χ4n) is 5.63. The van der Waals surface area contributed by atoms with Crippen molar-refractivity contribution in [3.05, 3.63) is 65.2 Å². The molecule has 2 fully saturated rings. The summed E-state index contributed by atoms with van der Waals surface area (Å²) in [6, 6.07) is -2.56. The van der Waals surface area contributed by atoms with Gasteiger partial charge >= 0.3 is 23.3 Å². The third-order valence-corrected chi connectivity index (χ3v) is 8.14. The zero-order chi connectivity index (χ0) is 34.4. The van der Waals surface area contributed by atoms with Gasteiger partial charge in [-0.15, -0.1) is 0 Å².